The number of hydrogen-bond acceptors (Lipinski definition) is 3. The molecule has 0 saturated heterocycles. The second kappa shape index (κ2) is 8.15. The van der Waals surface area contributed by atoms with Crippen LogP contribution in [0.4, 0.5) is 5.69 Å². The van der Waals surface area contributed by atoms with E-state index in [1.165, 1.54) is 0 Å². The SMILES string of the molecule is COCc1cccc(C(=O)NC(C)c2ccc(NC(=O)C3CC3)cc2)c1. The van der Waals surface area contributed by atoms with Crippen LogP contribution in [0.1, 0.15) is 47.3 Å². The van der Waals surface area contributed by atoms with Crippen LogP contribution >= 0.6 is 0 Å². The Kier molecular flexibility index (Phi) is 5.68. The number of nitrogens with one attached hydrogen (secondary N) is 2. The minimum Gasteiger partial charge on any atom is -0.380 e. The average Bonchev–Trinajstić information content (AvgIpc) is 3.48. The van der Waals surface area contributed by atoms with Crippen LogP contribution in [0.5, 0.6) is 0 Å². The first kappa shape index (κ1) is 18.1. The van der Waals surface area contributed by atoms with Crippen LogP contribution in [0.15, 0.2) is 48.5 Å². The van der Waals surface area contributed by atoms with Crippen LogP contribution in [0.2, 0.25) is 0 Å². The highest BCUT2D eigenvalue weighted by atomic mass is 16.5. The molecule has 0 aromatic heterocycles. The van der Waals surface area contributed by atoms with Crippen LogP contribution in [0.25, 0.3) is 0 Å². The number of carbonyl (C=O) groups is 2. The normalized spacial score (nSPS) is 14.5. The molecule has 2 N–H and O–H groups in total. The predicted octanol–water partition coefficient (Wildman–Crippen LogP) is 3.67. The van der Waals surface area contributed by atoms with E-state index in [1.807, 2.05) is 49.4 Å². The number of ether oxygens (including phenoxy) is 1. The van der Waals surface area contributed by atoms with E-state index in [4.69, 9.17) is 4.74 Å². The molecule has 1 atom stereocenters. The highest BCUT2D eigenvalue weighted by Gasteiger charge is 2.29. The zero-order valence-corrected chi connectivity index (χ0v) is 15.1. The molecular formula is C21H24N2O3. The minimum absolute atomic E-state index is 0.0926. The molecule has 26 heavy (non-hydrogen) atoms. The highest BCUT2D eigenvalue weighted by molar-refractivity contribution is 5.95. The molecule has 3 rings (SSSR count). The number of methoxy groups -OCH3 is 1. The molecule has 2 aromatic rings. The zero-order chi connectivity index (χ0) is 18.5. The van der Waals surface area contributed by atoms with Gasteiger partial charge >= 0.3 is 0 Å². The van der Waals surface area contributed by atoms with Crippen LogP contribution in [-0.4, -0.2) is 18.9 Å². The van der Waals surface area contributed by atoms with Gasteiger partial charge in [0.15, 0.2) is 0 Å². The molecule has 1 aliphatic carbocycles. The lowest BCUT2D eigenvalue weighted by Gasteiger charge is -2.15. The fourth-order valence-corrected chi connectivity index (χ4v) is 2.78. The summed E-state index contributed by atoms with van der Waals surface area (Å²) in [7, 11) is 1.63. The molecule has 1 aliphatic rings. The third-order valence-electron chi connectivity index (χ3n) is 4.47. The molecule has 0 bridgehead atoms. The van der Waals surface area contributed by atoms with Crippen molar-refractivity contribution in [1.29, 1.82) is 0 Å². The molecule has 1 fully saturated rings. The number of hydrogen-bond donors (Lipinski definition) is 2. The molecule has 1 unspecified atom stereocenters. The molecule has 0 spiro atoms. The van der Waals surface area contributed by atoms with Gasteiger partial charge in [-0.2, -0.15) is 0 Å². The topological polar surface area (TPSA) is 67.4 Å². The van der Waals surface area contributed by atoms with Gasteiger partial charge in [-0.05, 0) is 55.2 Å². The Labute approximate surface area is 153 Å². The number of anilines is 1. The average molecular weight is 352 g/mol. The lowest BCUT2D eigenvalue weighted by molar-refractivity contribution is -0.117. The minimum atomic E-state index is -0.137. The number of amides is 2. The Morgan fingerprint density at radius 2 is 1.88 bits per heavy atom. The van der Waals surface area contributed by atoms with Gasteiger partial charge in [0.05, 0.1) is 12.6 Å². The third-order valence-corrected chi connectivity index (χ3v) is 4.47. The standard InChI is InChI=1S/C21H24N2O3/c1-14(22-21(25)18-5-3-4-15(12-18)13-26-2)16-8-10-19(11-9-16)23-20(24)17-6-7-17/h3-5,8-12,14,17H,6-7,13H2,1-2H3,(H,22,25)(H,23,24). The number of carbonyl (C=O) groups excluding carboxylic acids is 2. The van der Waals surface area contributed by atoms with E-state index in [0.717, 1.165) is 29.7 Å². The molecule has 1 saturated carbocycles. The Hall–Kier alpha value is -2.66. The largest absolute Gasteiger partial charge is 0.380 e. The Morgan fingerprint density at radius 1 is 1.15 bits per heavy atom. The molecule has 2 amide bonds. The maximum absolute atomic E-state index is 12.5. The van der Waals surface area contributed by atoms with Gasteiger partial charge < -0.3 is 15.4 Å². The highest BCUT2D eigenvalue weighted by Crippen LogP contribution is 2.30. The summed E-state index contributed by atoms with van der Waals surface area (Å²) in [6, 6.07) is 14.9. The van der Waals surface area contributed by atoms with Crippen LogP contribution < -0.4 is 10.6 Å². The van der Waals surface area contributed by atoms with Crippen molar-refractivity contribution in [3.63, 3.8) is 0 Å². The van der Waals surface area contributed by atoms with E-state index in [2.05, 4.69) is 10.6 Å². The van der Waals surface area contributed by atoms with Crippen molar-refractivity contribution in [3.05, 3.63) is 65.2 Å². The molecule has 5 heteroatoms. The van der Waals surface area contributed by atoms with E-state index in [-0.39, 0.29) is 23.8 Å². The molecule has 0 aliphatic heterocycles. The van der Waals surface area contributed by atoms with Gasteiger partial charge in [-0.25, -0.2) is 0 Å². The lowest BCUT2D eigenvalue weighted by Crippen LogP contribution is -2.26. The molecule has 5 nitrogen and oxygen atoms in total. The quantitative estimate of drug-likeness (QED) is 0.799. The summed E-state index contributed by atoms with van der Waals surface area (Å²) in [6.45, 7) is 2.42. The van der Waals surface area contributed by atoms with E-state index >= 15 is 0 Å². The second-order valence-electron chi connectivity index (χ2n) is 6.71. The Morgan fingerprint density at radius 3 is 2.54 bits per heavy atom. The van der Waals surface area contributed by atoms with E-state index in [1.54, 1.807) is 13.2 Å². The summed E-state index contributed by atoms with van der Waals surface area (Å²) in [4.78, 5) is 24.3. The van der Waals surface area contributed by atoms with Gasteiger partial charge in [0.1, 0.15) is 0 Å². The van der Waals surface area contributed by atoms with E-state index in [9.17, 15) is 9.59 Å². The van der Waals surface area contributed by atoms with E-state index in [0.29, 0.717) is 12.2 Å². The first-order chi connectivity index (χ1) is 12.6. The van der Waals surface area contributed by atoms with Gasteiger partial charge in [-0.1, -0.05) is 24.3 Å². The van der Waals surface area contributed by atoms with Crippen LogP contribution in [0.3, 0.4) is 0 Å². The number of benzene rings is 2. The van der Waals surface area contributed by atoms with Gasteiger partial charge in [0.25, 0.3) is 5.91 Å². The zero-order valence-electron chi connectivity index (χ0n) is 15.1. The summed E-state index contributed by atoms with van der Waals surface area (Å²) in [5.41, 5.74) is 3.34. The van der Waals surface area contributed by atoms with Gasteiger partial charge in [0.2, 0.25) is 5.91 Å². The van der Waals surface area contributed by atoms with Crippen molar-refractivity contribution < 1.29 is 14.3 Å². The summed E-state index contributed by atoms with van der Waals surface area (Å²) in [5, 5.41) is 5.92. The predicted molar refractivity (Wildman–Crippen MR) is 101 cm³/mol. The monoisotopic (exact) mass is 352 g/mol. The Balaban J connectivity index is 1.59. The fourth-order valence-electron chi connectivity index (χ4n) is 2.78. The number of rotatable bonds is 7. The van der Waals surface area contributed by atoms with Crippen molar-refractivity contribution in [1.82, 2.24) is 5.32 Å². The van der Waals surface area contributed by atoms with Crippen LogP contribution in [-0.2, 0) is 16.1 Å². The fraction of sp³-hybridized carbons (Fsp3) is 0.333. The summed E-state index contributed by atoms with van der Waals surface area (Å²) >= 11 is 0. The maximum Gasteiger partial charge on any atom is 0.251 e. The lowest BCUT2D eigenvalue weighted by atomic mass is 10.1. The van der Waals surface area contributed by atoms with Crippen molar-refractivity contribution in [3.8, 4) is 0 Å². The summed E-state index contributed by atoms with van der Waals surface area (Å²) < 4.78 is 5.11. The first-order valence-electron chi connectivity index (χ1n) is 8.86. The van der Waals surface area contributed by atoms with Crippen molar-refractivity contribution in [2.75, 3.05) is 12.4 Å². The summed E-state index contributed by atoms with van der Waals surface area (Å²) in [5.74, 6) is 0.151. The molecule has 2 aromatic carbocycles. The van der Waals surface area contributed by atoms with Crippen LogP contribution in [0, 0.1) is 5.92 Å². The maximum atomic E-state index is 12.5. The molecule has 136 valence electrons. The van der Waals surface area contributed by atoms with Gasteiger partial charge in [0, 0.05) is 24.3 Å². The molecule has 0 heterocycles. The molecule has 0 radical (unpaired) electrons. The Bertz CT molecular complexity index is 782. The van der Waals surface area contributed by atoms with E-state index < -0.39 is 0 Å². The second-order valence-corrected chi connectivity index (χ2v) is 6.71. The smallest absolute Gasteiger partial charge is 0.251 e. The van der Waals surface area contributed by atoms with Crippen molar-refractivity contribution in [2.24, 2.45) is 5.92 Å². The van der Waals surface area contributed by atoms with Gasteiger partial charge in [-0.15, -0.1) is 0 Å². The summed E-state index contributed by atoms with van der Waals surface area (Å²) in [6.07, 6.45) is 1.97. The van der Waals surface area contributed by atoms with Crippen molar-refractivity contribution in [2.45, 2.75) is 32.4 Å². The third kappa shape index (κ3) is 4.70. The molecular weight excluding hydrogens is 328 g/mol. The van der Waals surface area contributed by atoms with Gasteiger partial charge in [-0.3, -0.25) is 9.59 Å². The first-order valence-corrected chi connectivity index (χ1v) is 8.86. The van der Waals surface area contributed by atoms with Crippen molar-refractivity contribution >= 4 is 17.5 Å².